The predicted octanol–water partition coefficient (Wildman–Crippen LogP) is 3.70. The molecule has 0 aromatic heterocycles. The van der Waals surface area contributed by atoms with Gasteiger partial charge in [0.25, 0.3) is 0 Å². The first-order valence-electron chi connectivity index (χ1n) is 8.57. The standard InChI is InChI=1S/C19H20F3NO6/c1-5-8(2)6-10(16(24)25)12-14(23-18(27)19(20,21)22)13-11(7-29-17(13)26)9(3)15(12)28-4/h5,10H,6-7H2,1-4H3,(H,23,27)(H,24,25). The van der Waals surface area contributed by atoms with Gasteiger partial charge in [-0.15, -0.1) is 0 Å². The number of benzene rings is 1. The molecule has 0 saturated heterocycles. The van der Waals surface area contributed by atoms with Crippen molar-refractivity contribution in [2.24, 2.45) is 0 Å². The number of carboxylic acid groups (broad SMARTS) is 1. The highest BCUT2D eigenvalue weighted by molar-refractivity contribution is 6.07. The van der Waals surface area contributed by atoms with Crippen LogP contribution in [0.2, 0.25) is 0 Å². The summed E-state index contributed by atoms with van der Waals surface area (Å²) in [4.78, 5) is 35.9. The number of carbonyl (C=O) groups excluding carboxylic acids is 2. The summed E-state index contributed by atoms with van der Waals surface area (Å²) < 4.78 is 49.0. The van der Waals surface area contributed by atoms with Crippen LogP contribution >= 0.6 is 0 Å². The van der Waals surface area contributed by atoms with E-state index in [-0.39, 0.29) is 35.5 Å². The lowest BCUT2D eigenvalue weighted by molar-refractivity contribution is -0.167. The van der Waals surface area contributed by atoms with E-state index in [4.69, 9.17) is 9.47 Å². The fourth-order valence-corrected chi connectivity index (χ4v) is 3.20. The van der Waals surface area contributed by atoms with Gasteiger partial charge < -0.3 is 19.9 Å². The zero-order valence-corrected chi connectivity index (χ0v) is 16.2. The number of anilines is 1. The fraction of sp³-hybridized carbons (Fsp3) is 0.421. The zero-order valence-electron chi connectivity index (χ0n) is 16.2. The van der Waals surface area contributed by atoms with Crippen molar-refractivity contribution < 1.29 is 42.1 Å². The van der Waals surface area contributed by atoms with Crippen LogP contribution in [0.5, 0.6) is 5.75 Å². The Labute approximate surface area is 164 Å². The fourth-order valence-electron chi connectivity index (χ4n) is 3.20. The smallest absolute Gasteiger partial charge is 0.471 e. The molecule has 29 heavy (non-hydrogen) atoms. The van der Waals surface area contributed by atoms with Crippen LogP contribution in [0, 0.1) is 6.92 Å². The number of allylic oxidation sites excluding steroid dienone is 2. The van der Waals surface area contributed by atoms with E-state index in [0.717, 1.165) is 0 Å². The van der Waals surface area contributed by atoms with E-state index in [0.29, 0.717) is 11.1 Å². The van der Waals surface area contributed by atoms with Crippen LogP contribution in [0.25, 0.3) is 0 Å². The van der Waals surface area contributed by atoms with Crippen LogP contribution in [0.15, 0.2) is 11.6 Å². The molecule has 1 atom stereocenters. The van der Waals surface area contributed by atoms with Crippen LogP contribution < -0.4 is 10.1 Å². The molecular formula is C19H20F3NO6. The van der Waals surface area contributed by atoms with Crippen molar-refractivity contribution in [3.63, 3.8) is 0 Å². The molecule has 10 heteroatoms. The summed E-state index contributed by atoms with van der Waals surface area (Å²) in [5.41, 5.74) is 0.184. The number of cyclic esters (lactones) is 1. The van der Waals surface area contributed by atoms with Crippen LogP contribution in [0.3, 0.4) is 0 Å². The largest absolute Gasteiger partial charge is 0.496 e. The number of esters is 1. The molecule has 0 radical (unpaired) electrons. The summed E-state index contributed by atoms with van der Waals surface area (Å²) in [5.74, 6) is -6.02. The Morgan fingerprint density at radius 3 is 2.48 bits per heavy atom. The molecule has 1 aromatic rings. The van der Waals surface area contributed by atoms with E-state index in [2.05, 4.69) is 0 Å². The highest BCUT2D eigenvalue weighted by atomic mass is 19.4. The first kappa shape index (κ1) is 22.3. The Hall–Kier alpha value is -3.04. The maximum absolute atomic E-state index is 12.9. The SMILES string of the molecule is CC=C(C)CC(C(=O)O)c1c(NC(=O)C(F)(F)F)c2c(c(C)c1OC)COC2=O. The topological polar surface area (TPSA) is 102 Å². The van der Waals surface area contributed by atoms with Gasteiger partial charge in [0.2, 0.25) is 0 Å². The highest BCUT2D eigenvalue weighted by Crippen LogP contribution is 2.46. The molecule has 1 aliphatic heterocycles. The number of hydrogen-bond acceptors (Lipinski definition) is 5. The van der Waals surface area contributed by atoms with Gasteiger partial charge in [-0.25, -0.2) is 4.79 Å². The maximum atomic E-state index is 12.9. The number of rotatable bonds is 6. The molecule has 0 saturated carbocycles. The van der Waals surface area contributed by atoms with Gasteiger partial charge >= 0.3 is 24.0 Å². The number of aliphatic carboxylic acids is 1. The van der Waals surface area contributed by atoms with Crippen LogP contribution in [0.1, 0.15) is 53.2 Å². The number of halogens is 3. The molecule has 0 fully saturated rings. The molecular weight excluding hydrogens is 395 g/mol. The quantitative estimate of drug-likeness (QED) is 0.543. The average Bonchev–Trinajstić information content (AvgIpc) is 3.02. The van der Waals surface area contributed by atoms with Crippen molar-refractivity contribution in [3.05, 3.63) is 33.9 Å². The van der Waals surface area contributed by atoms with E-state index in [1.54, 1.807) is 32.2 Å². The van der Waals surface area contributed by atoms with Gasteiger partial charge in [0, 0.05) is 11.1 Å². The predicted molar refractivity (Wildman–Crippen MR) is 96.0 cm³/mol. The third kappa shape index (κ3) is 4.20. The van der Waals surface area contributed by atoms with E-state index in [9.17, 15) is 32.7 Å². The lowest BCUT2D eigenvalue weighted by atomic mass is 9.85. The molecule has 0 bridgehead atoms. The third-order valence-corrected chi connectivity index (χ3v) is 4.78. The van der Waals surface area contributed by atoms with Crippen LogP contribution in [0.4, 0.5) is 18.9 Å². The van der Waals surface area contributed by atoms with Crippen molar-refractivity contribution in [1.82, 2.24) is 0 Å². The van der Waals surface area contributed by atoms with Gasteiger partial charge in [0.1, 0.15) is 12.4 Å². The number of fused-ring (bicyclic) bond motifs is 1. The minimum atomic E-state index is -5.25. The maximum Gasteiger partial charge on any atom is 0.471 e. The molecule has 1 unspecified atom stereocenters. The van der Waals surface area contributed by atoms with Gasteiger partial charge in [0.15, 0.2) is 0 Å². The number of carbonyl (C=O) groups is 3. The number of alkyl halides is 3. The summed E-state index contributed by atoms with van der Waals surface area (Å²) >= 11 is 0. The number of hydrogen-bond donors (Lipinski definition) is 2. The molecule has 2 N–H and O–H groups in total. The number of nitrogens with one attached hydrogen (secondary N) is 1. The second-order valence-corrected chi connectivity index (χ2v) is 6.56. The van der Waals surface area contributed by atoms with Crippen molar-refractivity contribution in [2.45, 2.75) is 45.9 Å². The molecule has 0 spiro atoms. The number of carboxylic acids is 1. The van der Waals surface area contributed by atoms with Crippen molar-refractivity contribution in [2.75, 3.05) is 12.4 Å². The molecule has 0 aliphatic carbocycles. The summed E-state index contributed by atoms with van der Waals surface area (Å²) in [6.07, 6.45) is -3.65. The third-order valence-electron chi connectivity index (χ3n) is 4.78. The summed E-state index contributed by atoms with van der Waals surface area (Å²) in [7, 11) is 1.23. The minimum absolute atomic E-state index is 0.0178. The van der Waals surface area contributed by atoms with E-state index in [1.165, 1.54) is 7.11 Å². The Bertz CT molecular complexity index is 904. The molecule has 1 amide bonds. The lowest BCUT2D eigenvalue weighted by Gasteiger charge is -2.24. The van der Waals surface area contributed by atoms with Gasteiger partial charge in [-0.3, -0.25) is 9.59 Å². The van der Waals surface area contributed by atoms with Gasteiger partial charge in [-0.2, -0.15) is 13.2 Å². The molecule has 1 heterocycles. The first-order chi connectivity index (χ1) is 13.4. The Kier molecular flexibility index (Phi) is 6.24. The Balaban J connectivity index is 2.87. The average molecular weight is 415 g/mol. The molecule has 2 rings (SSSR count). The second-order valence-electron chi connectivity index (χ2n) is 6.56. The molecule has 158 valence electrons. The number of amides is 1. The lowest BCUT2D eigenvalue weighted by Crippen LogP contribution is -2.32. The van der Waals surface area contributed by atoms with Crippen molar-refractivity contribution in [3.8, 4) is 5.75 Å². The number of methoxy groups -OCH3 is 1. The van der Waals surface area contributed by atoms with Crippen LogP contribution in [-0.2, 0) is 20.9 Å². The van der Waals surface area contributed by atoms with E-state index in [1.807, 2.05) is 0 Å². The summed E-state index contributed by atoms with van der Waals surface area (Å²) in [6, 6.07) is 0. The summed E-state index contributed by atoms with van der Waals surface area (Å²) in [5, 5.41) is 11.5. The normalized spacial score (nSPS) is 14.9. The zero-order chi connectivity index (χ0) is 22.1. The Morgan fingerprint density at radius 1 is 1.38 bits per heavy atom. The molecule has 7 nitrogen and oxygen atoms in total. The van der Waals surface area contributed by atoms with Crippen LogP contribution in [-0.4, -0.2) is 36.2 Å². The monoisotopic (exact) mass is 415 g/mol. The molecule has 1 aliphatic rings. The Morgan fingerprint density at radius 2 is 2.00 bits per heavy atom. The van der Waals surface area contributed by atoms with Gasteiger partial charge in [0.05, 0.1) is 24.3 Å². The van der Waals surface area contributed by atoms with Gasteiger partial charge in [-0.05, 0) is 32.8 Å². The van der Waals surface area contributed by atoms with E-state index < -0.39 is 35.6 Å². The number of ether oxygens (including phenoxy) is 2. The van der Waals surface area contributed by atoms with Crippen molar-refractivity contribution >= 4 is 23.5 Å². The summed E-state index contributed by atoms with van der Waals surface area (Å²) in [6.45, 7) is 4.66. The highest BCUT2D eigenvalue weighted by Gasteiger charge is 2.43. The minimum Gasteiger partial charge on any atom is -0.496 e. The first-order valence-corrected chi connectivity index (χ1v) is 8.57. The van der Waals surface area contributed by atoms with E-state index >= 15 is 0 Å². The van der Waals surface area contributed by atoms with Gasteiger partial charge in [-0.1, -0.05) is 11.6 Å². The molecule has 1 aromatic carbocycles. The van der Waals surface area contributed by atoms with Crippen molar-refractivity contribution in [1.29, 1.82) is 0 Å². The second kappa shape index (κ2) is 8.14.